The lowest BCUT2D eigenvalue weighted by molar-refractivity contribution is -0.150. The van der Waals surface area contributed by atoms with Crippen molar-refractivity contribution < 1.29 is 19.1 Å². The quantitative estimate of drug-likeness (QED) is 0.623. The maximum atomic E-state index is 12.3. The van der Waals surface area contributed by atoms with Crippen LogP contribution in [0.15, 0.2) is 29.2 Å². The maximum absolute atomic E-state index is 12.3. The zero-order valence-corrected chi connectivity index (χ0v) is 13.4. The highest BCUT2D eigenvalue weighted by molar-refractivity contribution is 8.18. The van der Waals surface area contributed by atoms with E-state index >= 15 is 0 Å². The minimum absolute atomic E-state index is 0.181. The van der Waals surface area contributed by atoms with Crippen LogP contribution in [0, 0.1) is 11.3 Å². The average molecular weight is 330 g/mol. The SMILES string of the molecule is CCOC(=O)[C@@H](C)N1C(=O)S/C(=C\c2ccc(C#N)cc2)C1=O. The van der Waals surface area contributed by atoms with E-state index in [4.69, 9.17) is 10.00 Å². The number of thioether (sulfide) groups is 1. The van der Waals surface area contributed by atoms with Crippen molar-refractivity contribution in [3.8, 4) is 6.07 Å². The number of carbonyl (C=O) groups excluding carboxylic acids is 3. The highest BCUT2D eigenvalue weighted by Crippen LogP contribution is 2.33. The molecule has 0 saturated carbocycles. The maximum Gasteiger partial charge on any atom is 0.329 e. The van der Waals surface area contributed by atoms with E-state index in [9.17, 15) is 14.4 Å². The summed E-state index contributed by atoms with van der Waals surface area (Å²) < 4.78 is 4.85. The highest BCUT2D eigenvalue weighted by atomic mass is 32.2. The van der Waals surface area contributed by atoms with Gasteiger partial charge in [0.15, 0.2) is 0 Å². The van der Waals surface area contributed by atoms with Crippen molar-refractivity contribution in [2.75, 3.05) is 6.61 Å². The predicted octanol–water partition coefficient (Wildman–Crippen LogP) is 2.55. The molecule has 7 heteroatoms. The van der Waals surface area contributed by atoms with E-state index in [-0.39, 0.29) is 11.5 Å². The lowest BCUT2D eigenvalue weighted by Gasteiger charge is -2.19. The molecule has 1 saturated heterocycles. The zero-order valence-electron chi connectivity index (χ0n) is 12.6. The number of rotatable bonds is 4. The lowest BCUT2D eigenvalue weighted by Crippen LogP contribution is -2.42. The molecule has 0 spiro atoms. The minimum Gasteiger partial charge on any atom is -0.464 e. The van der Waals surface area contributed by atoms with Crippen LogP contribution in [0.2, 0.25) is 0 Å². The van der Waals surface area contributed by atoms with Crippen LogP contribution in [0.5, 0.6) is 0 Å². The molecule has 1 aliphatic heterocycles. The second-order valence-electron chi connectivity index (χ2n) is 4.71. The first-order valence-corrected chi connectivity index (χ1v) is 7.73. The summed E-state index contributed by atoms with van der Waals surface area (Å²) in [5, 5.41) is 8.26. The van der Waals surface area contributed by atoms with Crippen LogP contribution in [-0.2, 0) is 14.3 Å². The van der Waals surface area contributed by atoms with Crippen LogP contribution in [0.4, 0.5) is 4.79 Å². The van der Waals surface area contributed by atoms with E-state index in [1.807, 2.05) is 6.07 Å². The van der Waals surface area contributed by atoms with Gasteiger partial charge in [0.05, 0.1) is 23.1 Å². The van der Waals surface area contributed by atoms with Crippen LogP contribution < -0.4 is 0 Å². The predicted molar refractivity (Wildman–Crippen MR) is 85.1 cm³/mol. The first-order valence-electron chi connectivity index (χ1n) is 6.91. The normalized spacial score (nSPS) is 17.3. The Bertz CT molecular complexity index is 719. The average Bonchev–Trinajstić information content (AvgIpc) is 2.81. The lowest BCUT2D eigenvalue weighted by atomic mass is 10.1. The molecule has 0 aliphatic carbocycles. The standard InChI is InChI=1S/C16H14N2O4S/c1-3-22-15(20)10(2)18-14(19)13(23-16(18)21)8-11-4-6-12(9-17)7-5-11/h4-8,10H,3H2,1-2H3/b13-8-/t10-/m1/s1. The van der Waals surface area contributed by atoms with Crippen molar-refractivity contribution in [2.45, 2.75) is 19.9 Å². The monoisotopic (exact) mass is 330 g/mol. The molecule has 0 N–H and O–H groups in total. The summed E-state index contributed by atoms with van der Waals surface area (Å²) in [5.74, 6) is -1.14. The van der Waals surface area contributed by atoms with Gasteiger partial charge in [0, 0.05) is 0 Å². The molecule has 2 amide bonds. The van der Waals surface area contributed by atoms with E-state index < -0.39 is 23.2 Å². The van der Waals surface area contributed by atoms with Crippen molar-refractivity contribution in [3.63, 3.8) is 0 Å². The minimum atomic E-state index is -0.964. The third kappa shape index (κ3) is 3.60. The highest BCUT2D eigenvalue weighted by Gasteiger charge is 2.41. The Morgan fingerprint density at radius 3 is 2.61 bits per heavy atom. The summed E-state index contributed by atoms with van der Waals surface area (Å²) in [4.78, 5) is 37.2. The molecule has 118 valence electrons. The van der Waals surface area contributed by atoms with E-state index in [1.54, 1.807) is 37.3 Å². The Hall–Kier alpha value is -2.59. The number of hydrogen-bond donors (Lipinski definition) is 0. The van der Waals surface area contributed by atoms with Gasteiger partial charge in [-0.2, -0.15) is 5.26 Å². The summed E-state index contributed by atoms with van der Waals surface area (Å²) in [7, 11) is 0. The third-order valence-electron chi connectivity index (χ3n) is 3.18. The molecule has 1 atom stereocenters. The van der Waals surface area contributed by atoms with Gasteiger partial charge in [-0.25, -0.2) is 4.79 Å². The van der Waals surface area contributed by atoms with Crippen molar-refractivity contribution in [1.82, 2.24) is 4.90 Å². The Kier molecular flexibility index (Phi) is 5.19. The Balaban J connectivity index is 2.21. The van der Waals surface area contributed by atoms with Crippen molar-refractivity contribution >= 4 is 35.0 Å². The second-order valence-corrected chi connectivity index (χ2v) is 5.71. The third-order valence-corrected chi connectivity index (χ3v) is 4.06. The number of imide groups is 1. The summed E-state index contributed by atoms with van der Waals surface area (Å²) >= 11 is 0.776. The summed E-state index contributed by atoms with van der Waals surface area (Å²) in [6.07, 6.45) is 1.56. The number of carbonyl (C=O) groups is 3. The van der Waals surface area contributed by atoms with Crippen molar-refractivity contribution in [3.05, 3.63) is 40.3 Å². The largest absolute Gasteiger partial charge is 0.464 e. The molecule has 23 heavy (non-hydrogen) atoms. The fourth-order valence-electron chi connectivity index (χ4n) is 1.99. The molecule has 0 aromatic heterocycles. The van der Waals surface area contributed by atoms with Crippen LogP contribution >= 0.6 is 11.8 Å². The molecular formula is C16H14N2O4S. The van der Waals surface area contributed by atoms with Gasteiger partial charge in [-0.05, 0) is 49.4 Å². The van der Waals surface area contributed by atoms with Crippen LogP contribution in [0.3, 0.4) is 0 Å². The van der Waals surface area contributed by atoms with Crippen LogP contribution in [0.1, 0.15) is 25.0 Å². The topological polar surface area (TPSA) is 87.5 Å². The van der Waals surface area contributed by atoms with Gasteiger partial charge in [0.25, 0.3) is 11.1 Å². The molecule has 0 radical (unpaired) electrons. The first-order chi connectivity index (χ1) is 11.0. The molecule has 0 bridgehead atoms. The molecule has 1 aromatic carbocycles. The smallest absolute Gasteiger partial charge is 0.329 e. The zero-order chi connectivity index (χ0) is 17.0. The molecule has 1 aliphatic rings. The van der Waals surface area contributed by atoms with Crippen molar-refractivity contribution in [2.24, 2.45) is 0 Å². The molecule has 0 unspecified atom stereocenters. The Labute approximate surface area is 137 Å². The number of benzene rings is 1. The first kappa shape index (κ1) is 16.8. The van der Waals surface area contributed by atoms with Gasteiger partial charge in [0.1, 0.15) is 6.04 Å². The molecule has 1 heterocycles. The van der Waals surface area contributed by atoms with Gasteiger partial charge >= 0.3 is 5.97 Å². The van der Waals surface area contributed by atoms with Gasteiger partial charge in [-0.15, -0.1) is 0 Å². The van der Waals surface area contributed by atoms with E-state index in [1.165, 1.54) is 6.92 Å². The summed E-state index contributed by atoms with van der Waals surface area (Å²) in [6.45, 7) is 3.29. The van der Waals surface area contributed by atoms with Crippen LogP contribution in [-0.4, -0.2) is 34.7 Å². The summed E-state index contributed by atoms with van der Waals surface area (Å²) in [5.41, 5.74) is 1.20. The number of amides is 2. The fourth-order valence-corrected chi connectivity index (χ4v) is 2.90. The van der Waals surface area contributed by atoms with Crippen LogP contribution in [0.25, 0.3) is 6.08 Å². The second kappa shape index (κ2) is 7.11. The molecule has 2 rings (SSSR count). The molecule has 1 fully saturated rings. The number of ether oxygens (including phenoxy) is 1. The van der Waals surface area contributed by atoms with Gasteiger partial charge in [-0.1, -0.05) is 12.1 Å². The van der Waals surface area contributed by atoms with Gasteiger partial charge in [0.2, 0.25) is 0 Å². The fraction of sp³-hybridized carbons (Fsp3) is 0.250. The molecular weight excluding hydrogens is 316 g/mol. The Morgan fingerprint density at radius 2 is 2.04 bits per heavy atom. The number of hydrogen-bond acceptors (Lipinski definition) is 6. The number of nitriles is 1. The van der Waals surface area contributed by atoms with Gasteiger partial charge in [-0.3, -0.25) is 14.5 Å². The van der Waals surface area contributed by atoms with Gasteiger partial charge < -0.3 is 4.74 Å². The van der Waals surface area contributed by atoms with E-state index in [2.05, 4.69) is 0 Å². The summed E-state index contributed by atoms with van der Waals surface area (Å²) in [6, 6.07) is 7.65. The molecule has 6 nitrogen and oxygen atoms in total. The Morgan fingerprint density at radius 1 is 1.39 bits per heavy atom. The van der Waals surface area contributed by atoms with Crippen molar-refractivity contribution in [1.29, 1.82) is 5.26 Å². The van der Waals surface area contributed by atoms with E-state index in [0.29, 0.717) is 11.1 Å². The van der Waals surface area contributed by atoms with E-state index in [0.717, 1.165) is 16.7 Å². The molecule has 1 aromatic rings. The number of esters is 1. The number of nitrogens with zero attached hydrogens (tertiary/aromatic N) is 2.